The van der Waals surface area contributed by atoms with Crippen molar-refractivity contribution in [3.63, 3.8) is 0 Å². The number of carbonyl (C=O) groups is 4. The molecule has 0 heterocycles. The Morgan fingerprint density at radius 1 is 0.775 bits per heavy atom. The number of amides is 1. The van der Waals surface area contributed by atoms with Gasteiger partial charge in [-0.2, -0.15) is 0 Å². The van der Waals surface area contributed by atoms with Gasteiger partial charge in [0.05, 0.1) is 6.42 Å². The smallest absolute Gasteiger partial charge is 0.305 e. The predicted octanol–water partition coefficient (Wildman–Crippen LogP) is 6.37. The van der Waals surface area contributed by atoms with Crippen LogP contribution in [0.2, 0.25) is 0 Å². The van der Waals surface area contributed by atoms with E-state index in [1.807, 2.05) is 12.1 Å². The molecule has 0 unspecified atom stereocenters. The fourth-order valence-corrected chi connectivity index (χ4v) is 4.83. The van der Waals surface area contributed by atoms with E-state index < -0.39 is 35.1 Å². The number of allylic oxidation sites excluding steroid dienone is 2. The second kappa shape index (κ2) is 13.1. The number of nitrogens with one attached hydrogen (secondary N) is 1. The molecular formula is C32H29F2NO5. The molecule has 1 fully saturated rings. The van der Waals surface area contributed by atoms with Gasteiger partial charge in [0, 0.05) is 28.8 Å². The lowest BCUT2D eigenvalue weighted by Crippen LogP contribution is -2.26. The van der Waals surface area contributed by atoms with Crippen molar-refractivity contribution in [3.8, 4) is 0 Å². The minimum Gasteiger partial charge on any atom is -0.481 e. The zero-order valence-corrected chi connectivity index (χ0v) is 21.8. The van der Waals surface area contributed by atoms with Gasteiger partial charge in [-0.15, -0.1) is 0 Å². The largest absolute Gasteiger partial charge is 0.481 e. The molecule has 1 saturated carbocycles. The molecule has 0 aromatic heterocycles. The van der Waals surface area contributed by atoms with Gasteiger partial charge in [-0.1, -0.05) is 55.7 Å². The molecule has 0 radical (unpaired) electrons. The van der Waals surface area contributed by atoms with Crippen molar-refractivity contribution >= 4 is 29.0 Å². The molecule has 0 aliphatic heterocycles. The monoisotopic (exact) mass is 545 g/mol. The van der Waals surface area contributed by atoms with Gasteiger partial charge in [-0.25, -0.2) is 8.78 Å². The van der Waals surface area contributed by atoms with Gasteiger partial charge in [0.15, 0.2) is 23.2 Å². The molecule has 8 heteroatoms. The number of aliphatic carboxylic acids is 1. The third-order valence-corrected chi connectivity index (χ3v) is 7.06. The number of hydrogen-bond donors (Lipinski definition) is 2. The van der Waals surface area contributed by atoms with Crippen LogP contribution in [0.1, 0.15) is 86.6 Å². The highest BCUT2D eigenvalue weighted by atomic mass is 19.2. The Morgan fingerprint density at radius 3 is 2.00 bits per heavy atom. The van der Waals surface area contributed by atoms with Gasteiger partial charge in [0.25, 0.3) is 5.91 Å². The number of carboxylic acids is 1. The maximum absolute atomic E-state index is 13.8. The Labute approximate surface area is 230 Å². The van der Waals surface area contributed by atoms with Crippen LogP contribution in [0.4, 0.5) is 8.78 Å². The summed E-state index contributed by atoms with van der Waals surface area (Å²) in [4.78, 5) is 49.6. The summed E-state index contributed by atoms with van der Waals surface area (Å²) in [5, 5.41) is 11.2. The van der Waals surface area contributed by atoms with E-state index in [0.29, 0.717) is 11.5 Å². The van der Waals surface area contributed by atoms with Gasteiger partial charge < -0.3 is 10.4 Å². The third kappa shape index (κ3) is 7.14. The highest BCUT2D eigenvalue weighted by Gasteiger charge is 2.20. The molecule has 0 atom stereocenters. The van der Waals surface area contributed by atoms with E-state index >= 15 is 0 Å². The highest BCUT2D eigenvalue weighted by molar-refractivity contribution is 6.32. The molecule has 2 N–H and O–H groups in total. The Hall–Kier alpha value is -4.46. The highest BCUT2D eigenvalue weighted by Crippen LogP contribution is 2.33. The second-order valence-corrected chi connectivity index (χ2v) is 9.81. The number of ketones is 2. The lowest BCUT2D eigenvalue weighted by atomic mass is 9.83. The average molecular weight is 546 g/mol. The van der Waals surface area contributed by atoms with Crippen LogP contribution in [0.15, 0.2) is 72.8 Å². The second-order valence-electron chi connectivity index (χ2n) is 9.81. The molecule has 206 valence electrons. The maximum atomic E-state index is 13.8. The number of Topliss-reactive ketones (excluding diaryl/α,β-unsaturated/α-hetero) is 1. The molecule has 1 amide bonds. The first-order valence-electron chi connectivity index (χ1n) is 13.2. The van der Waals surface area contributed by atoms with Crippen molar-refractivity contribution in [2.75, 3.05) is 6.54 Å². The molecule has 3 aromatic rings. The Kier molecular flexibility index (Phi) is 9.32. The SMILES string of the molecule is O=C(O)CCNC(=O)c1ccc(C(=O)C(=CC(=O)c2ccc(F)c(F)c2)c2ccc(C3CCCCC3)cc2)cc1. The summed E-state index contributed by atoms with van der Waals surface area (Å²) < 4.78 is 27.2. The molecule has 3 aromatic carbocycles. The van der Waals surface area contributed by atoms with Gasteiger partial charge >= 0.3 is 5.97 Å². The molecular weight excluding hydrogens is 516 g/mol. The van der Waals surface area contributed by atoms with E-state index in [1.54, 1.807) is 12.1 Å². The Morgan fingerprint density at radius 2 is 1.38 bits per heavy atom. The first-order valence-corrected chi connectivity index (χ1v) is 13.2. The number of hydrogen-bond acceptors (Lipinski definition) is 4. The summed E-state index contributed by atoms with van der Waals surface area (Å²) in [6.07, 6.45) is 6.68. The lowest BCUT2D eigenvalue weighted by Gasteiger charge is -2.22. The Balaban J connectivity index is 1.62. The van der Waals surface area contributed by atoms with E-state index in [0.717, 1.165) is 37.1 Å². The Bertz CT molecular complexity index is 1440. The van der Waals surface area contributed by atoms with Gasteiger partial charge in [0.1, 0.15) is 0 Å². The molecule has 40 heavy (non-hydrogen) atoms. The van der Waals surface area contributed by atoms with Crippen molar-refractivity contribution in [1.29, 1.82) is 0 Å². The van der Waals surface area contributed by atoms with Gasteiger partial charge in [-0.3, -0.25) is 19.2 Å². The van der Waals surface area contributed by atoms with Crippen molar-refractivity contribution in [3.05, 3.63) is 112 Å². The average Bonchev–Trinajstić information content (AvgIpc) is 2.97. The van der Waals surface area contributed by atoms with Crippen LogP contribution < -0.4 is 5.32 Å². The lowest BCUT2D eigenvalue weighted by molar-refractivity contribution is -0.136. The molecule has 0 bridgehead atoms. The van der Waals surface area contributed by atoms with Crippen LogP contribution in [-0.2, 0) is 4.79 Å². The first kappa shape index (κ1) is 28.5. The predicted molar refractivity (Wildman–Crippen MR) is 146 cm³/mol. The zero-order valence-electron chi connectivity index (χ0n) is 21.8. The topological polar surface area (TPSA) is 101 Å². The van der Waals surface area contributed by atoms with Crippen LogP contribution >= 0.6 is 0 Å². The fraction of sp³-hybridized carbons (Fsp3) is 0.250. The van der Waals surface area contributed by atoms with Crippen molar-refractivity contribution < 1.29 is 33.1 Å². The van der Waals surface area contributed by atoms with E-state index in [-0.39, 0.29) is 35.2 Å². The van der Waals surface area contributed by atoms with Crippen LogP contribution in [-0.4, -0.2) is 35.1 Å². The van der Waals surface area contributed by atoms with E-state index in [4.69, 9.17) is 5.11 Å². The number of benzene rings is 3. The summed E-state index contributed by atoms with van der Waals surface area (Å²) in [6.45, 7) is -0.0370. The first-order chi connectivity index (χ1) is 19.2. The molecule has 1 aliphatic rings. The minimum atomic E-state index is -1.17. The number of halogens is 2. The summed E-state index contributed by atoms with van der Waals surface area (Å²) in [5.41, 5.74) is 2.08. The van der Waals surface area contributed by atoms with Crippen LogP contribution in [0.25, 0.3) is 5.57 Å². The number of carbonyl (C=O) groups excluding carboxylic acids is 3. The summed E-state index contributed by atoms with van der Waals surface area (Å²) in [7, 11) is 0. The van der Waals surface area contributed by atoms with Gasteiger partial charge in [-0.05, 0) is 66.3 Å². The minimum absolute atomic E-state index is 0.0370. The normalized spacial score (nSPS) is 14.0. The van der Waals surface area contributed by atoms with Crippen molar-refractivity contribution in [1.82, 2.24) is 5.32 Å². The van der Waals surface area contributed by atoms with E-state index in [2.05, 4.69) is 5.32 Å². The van der Waals surface area contributed by atoms with Crippen molar-refractivity contribution in [2.45, 2.75) is 44.4 Å². The van der Waals surface area contributed by atoms with Crippen LogP contribution in [0.3, 0.4) is 0 Å². The molecule has 4 rings (SSSR count). The molecule has 0 spiro atoms. The van der Waals surface area contributed by atoms with Crippen LogP contribution in [0.5, 0.6) is 0 Å². The van der Waals surface area contributed by atoms with E-state index in [1.165, 1.54) is 49.1 Å². The third-order valence-electron chi connectivity index (χ3n) is 7.06. The van der Waals surface area contributed by atoms with E-state index in [9.17, 15) is 28.0 Å². The fourth-order valence-electron chi connectivity index (χ4n) is 4.83. The zero-order chi connectivity index (χ0) is 28.6. The summed E-state index contributed by atoms with van der Waals surface area (Å²) in [5.74, 6) is -4.47. The standard InChI is InChI=1S/C32H29F2NO5/c33-27-15-14-25(18-28(27)34)29(36)19-26(22-8-6-21(7-9-22)20-4-2-1-3-5-20)31(39)23-10-12-24(13-11-23)32(40)35-17-16-30(37)38/h6-15,18-20H,1-5,16-17H2,(H,35,40)(H,37,38). The maximum Gasteiger partial charge on any atom is 0.305 e. The molecule has 0 saturated heterocycles. The number of rotatable bonds is 10. The summed E-state index contributed by atoms with van der Waals surface area (Å²) in [6, 6.07) is 16.1. The molecule has 1 aliphatic carbocycles. The quantitative estimate of drug-likeness (QED) is 0.228. The number of carboxylic acid groups (broad SMARTS) is 1. The van der Waals surface area contributed by atoms with Crippen molar-refractivity contribution in [2.24, 2.45) is 0 Å². The summed E-state index contributed by atoms with van der Waals surface area (Å²) >= 11 is 0. The van der Waals surface area contributed by atoms with Crippen LogP contribution in [0, 0.1) is 11.6 Å². The molecule has 6 nitrogen and oxygen atoms in total. The van der Waals surface area contributed by atoms with Gasteiger partial charge in [0.2, 0.25) is 0 Å².